The normalized spacial score (nSPS) is 10.5. The summed E-state index contributed by atoms with van der Waals surface area (Å²) in [6.07, 6.45) is 0.851. The molecule has 0 atom stereocenters. The third-order valence-electron chi connectivity index (χ3n) is 3.03. The van der Waals surface area contributed by atoms with Crippen molar-refractivity contribution in [2.45, 2.75) is 39.8 Å². The number of nitriles is 1. The predicted molar refractivity (Wildman–Crippen MR) is 84.7 cm³/mol. The van der Waals surface area contributed by atoms with Crippen molar-refractivity contribution in [3.8, 4) is 23.1 Å². The highest BCUT2D eigenvalue weighted by Crippen LogP contribution is 2.23. The topological polar surface area (TPSA) is 67.9 Å². The third kappa shape index (κ3) is 3.53. The molecule has 0 bridgehead atoms. The van der Waals surface area contributed by atoms with E-state index < -0.39 is 0 Å². The number of nitrogens with zero attached hydrogens (tertiary/aromatic N) is 3. The van der Waals surface area contributed by atoms with Crippen molar-refractivity contribution in [1.82, 2.24) is 9.78 Å². The molecule has 2 rings (SSSR count). The molecule has 0 aliphatic heterocycles. The van der Waals surface area contributed by atoms with E-state index >= 15 is 0 Å². The van der Waals surface area contributed by atoms with Crippen LogP contribution in [0.15, 0.2) is 35.1 Å². The van der Waals surface area contributed by atoms with E-state index in [9.17, 15) is 4.79 Å². The lowest BCUT2D eigenvalue weighted by Gasteiger charge is -2.11. The lowest BCUT2D eigenvalue weighted by molar-refractivity contribution is 0.242. The van der Waals surface area contributed by atoms with Crippen LogP contribution in [-0.2, 0) is 6.54 Å². The van der Waals surface area contributed by atoms with Gasteiger partial charge in [0.1, 0.15) is 17.4 Å². The van der Waals surface area contributed by atoms with Crippen LogP contribution in [0.4, 0.5) is 0 Å². The predicted octanol–water partition coefficient (Wildman–Crippen LogP) is 2.98. The van der Waals surface area contributed by atoms with Crippen LogP contribution in [0.5, 0.6) is 5.75 Å². The Morgan fingerprint density at radius 3 is 2.77 bits per heavy atom. The second-order valence-electron chi connectivity index (χ2n) is 5.28. The van der Waals surface area contributed by atoms with E-state index in [0.717, 1.165) is 17.7 Å². The molecule has 0 radical (unpaired) electrons. The number of aromatic nitrogens is 2. The average molecular weight is 297 g/mol. The lowest BCUT2D eigenvalue weighted by Crippen LogP contribution is -2.25. The fourth-order valence-corrected chi connectivity index (χ4v) is 2.13. The summed E-state index contributed by atoms with van der Waals surface area (Å²) in [5, 5.41) is 13.5. The van der Waals surface area contributed by atoms with E-state index in [1.165, 1.54) is 10.7 Å². The van der Waals surface area contributed by atoms with Gasteiger partial charge in [-0.25, -0.2) is 4.68 Å². The van der Waals surface area contributed by atoms with Gasteiger partial charge in [-0.05, 0) is 38.5 Å². The third-order valence-corrected chi connectivity index (χ3v) is 3.03. The van der Waals surface area contributed by atoms with Crippen molar-refractivity contribution in [1.29, 1.82) is 5.26 Å². The molecule has 0 amide bonds. The minimum atomic E-state index is -0.345. The fraction of sp³-hybridized carbons (Fsp3) is 0.353. The number of aryl methyl sites for hydroxylation is 1. The summed E-state index contributed by atoms with van der Waals surface area (Å²) in [5.41, 5.74) is 1.18. The molecule has 0 saturated carbocycles. The second kappa shape index (κ2) is 6.90. The largest absolute Gasteiger partial charge is 0.491 e. The molecule has 1 heterocycles. The highest BCUT2D eigenvalue weighted by Gasteiger charge is 2.10. The van der Waals surface area contributed by atoms with E-state index in [4.69, 9.17) is 10.00 Å². The summed E-state index contributed by atoms with van der Waals surface area (Å²) in [6.45, 7) is 6.37. The van der Waals surface area contributed by atoms with E-state index in [-0.39, 0.29) is 17.2 Å². The van der Waals surface area contributed by atoms with Crippen molar-refractivity contribution in [2.75, 3.05) is 0 Å². The molecule has 114 valence electrons. The molecule has 1 aromatic carbocycles. The first kappa shape index (κ1) is 15.8. The minimum Gasteiger partial charge on any atom is -0.491 e. The first-order valence-corrected chi connectivity index (χ1v) is 7.34. The average Bonchev–Trinajstić information content (AvgIpc) is 2.49. The molecule has 0 aliphatic carbocycles. The Hall–Kier alpha value is -2.61. The molecule has 22 heavy (non-hydrogen) atoms. The zero-order valence-corrected chi connectivity index (χ0v) is 13.0. The molecule has 0 spiro atoms. The summed E-state index contributed by atoms with van der Waals surface area (Å²) in [4.78, 5) is 12.0. The second-order valence-corrected chi connectivity index (χ2v) is 5.28. The summed E-state index contributed by atoms with van der Waals surface area (Å²) in [5.74, 6) is 0.737. The molecule has 0 saturated heterocycles. The van der Waals surface area contributed by atoms with Crippen molar-refractivity contribution in [2.24, 2.45) is 0 Å². The SMILES string of the molecule is CCCn1nc(-c2cccc(OC(C)C)c2)cc(C#N)c1=O. The molecule has 0 unspecified atom stereocenters. The molecule has 0 N–H and O–H groups in total. The van der Waals surface area contributed by atoms with Crippen LogP contribution in [0.3, 0.4) is 0 Å². The van der Waals surface area contributed by atoms with Gasteiger partial charge in [0, 0.05) is 12.1 Å². The van der Waals surface area contributed by atoms with Crippen LogP contribution in [0.1, 0.15) is 32.8 Å². The van der Waals surface area contributed by atoms with Gasteiger partial charge in [0.2, 0.25) is 0 Å². The van der Waals surface area contributed by atoms with E-state index in [1.54, 1.807) is 0 Å². The smallest absolute Gasteiger partial charge is 0.284 e. The molecule has 5 heteroatoms. The van der Waals surface area contributed by atoms with Gasteiger partial charge in [-0.1, -0.05) is 19.1 Å². The van der Waals surface area contributed by atoms with E-state index in [2.05, 4.69) is 5.10 Å². The molecule has 2 aromatic rings. The lowest BCUT2D eigenvalue weighted by atomic mass is 10.1. The Bertz CT molecular complexity index is 757. The summed E-state index contributed by atoms with van der Waals surface area (Å²) < 4.78 is 7.02. The Labute approximate surface area is 129 Å². The maximum absolute atomic E-state index is 12.0. The molecule has 0 fully saturated rings. The molecular formula is C17H19N3O2. The van der Waals surface area contributed by atoms with Gasteiger partial charge < -0.3 is 4.74 Å². The van der Waals surface area contributed by atoms with Gasteiger partial charge in [-0.2, -0.15) is 10.4 Å². The van der Waals surface area contributed by atoms with Crippen molar-refractivity contribution >= 4 is 0 Å². The Morgan fingerprint density at radius 1 is 1.36 bits per heavy atom. The Morgan fingerprint density at radius 2 is 2.14 bits per heavy atom. The van der Waals surface area contributed by atoms with Crippen molar-refractivity contribution in [3.05, 3.63) is 46.2 Å². The summed E-state index contributed by atoms with van der Waals surface area (Å²) >= 11 is 0. The number of hydrogen-bond donors (Lipinski definition) is 0. The maximum Gasteiger partial charge on any atom is 0.284 e. The molecule has 0 aliphatic rings. The zero-order valence-electron chi connectivity index (χ0n) is 13.0. The first-order chi connectivity index (χ1) is 10.5. The number of benzene rings is 1. The van der Waals surface area contributed by atoms with Crippen LogP contribution in [0.2, 0.25) is 0 Å². The number of hydrogen-bond acceptors (Lipinski definition) is 4. The van der Waals surface area contributed by atoms with Gasteiger partial charge in [-0.15, -0.1) is 0 Å². The van der Waals surface area contributed by atoms with Crippen LogP contribution < -0.4 is 10.3 Å². The highest BCUT2D eigenvalue weighted by molar-refractivity contribution is 5.62. The van der Waals surface area contributed by atoms with E-state index in [1.807, 2.05) is 51.1 Å². The summed E-state index contributed by atoms with van der Waals surface area (Å²) in [6, 6.07) is 11.0. The van der Waals surface area contributed by atoms with Crippen molar-refractivity contribution < 1.29 is 4.74 Å². The van der Waals surface area contributed by atoms with Gasteiger partial charge in [0.05, 0.1) is 11.8 Å². The van der Waals surface area contributed by atoms with Gasteiger partial charge >= 0.3 is 0 Å². The Kier molecular flexibility index (Phi) is 4.95. The minimum absolute atomic E-state index is 0.0759. The maximum atomic E-state index is 12.0. The first-order valence-electron chi connectivity index (χ1n) is 7.34. The zero-order chi connectivity index (χ0) is 16.1. The van der Waals surface area contributed by atoms with Crippen LogP contribution in [0, 0.1) is 11.3 Å². The number of ether oxygens (including phenoxy) is 1. The highest BCUT2D eigenvalue weighted by atomic mass is 16.5. The fourth-order valence-electron chi connectivity index (χ4n) is 2.13. The molecule has 5 nitrogen and oxygen atoms in total. The monoisotopic (exact) mass is 297 g/mol. The van der Waals surface area contributed by atoms with E-state index in [0.29, 0.717) is 12.2 Å². The number of rotatable bonds is 5. The quantitative estimate of drug-likeness (QED) is 0.851. The van der Waals surface area contributed by atoms with Crippen LogP contribution in [-0.4, -0.2) is 15.9 Å². The van der Waals surface area contributed by atoms with Gasteiger partial charge in [0.25, 0.3) is 5.56 Å². The van der Waals surface area contributed by atoms with Crippen LogP contribution in [0.25, 0.3) is 11.3 Å². The van der Waals surface area contributed by atoms with Gasteiger partial charge in [0.15, 0.2) is 0 Å². The standard InChI is InChI=1S/C17H19N3O2/c1-4-8-20-17(21)14(11-18)10-16(19-20)13-6-5-7-15(9-13)22-12(2)3/h5-7,9-10,12H,4,8H2,1-3H3. The van der Waals surface area contributed by atoms with Gasteiger partial charge in [-0.3, -0.25) is 4.79 Å². The Balaban J connectivity index is 2.50. The molecular weight excluding hydrogens is 278 g/mol. The van der Waals surface area contributed by atoms with Crippen molar-refractivity contribution in [3.63, 3.8) is 0 Å². The summed E-state index contributed by atoms with van der Waals surface area (Å²) in [7, 11) is 0. The molecule has 1 aromatic heterocycles. The van der Waals surface area contributed by atoms with Crippen LogP contribution >= 0.6 is 0 Å².